The molecule has 1 N–H and O–H groups in total. The van der Waals surface area contributed by atoms with E-state index in [1.54, 1.807) is 0 Å². The molecule has 4 heteroatoms. The molecule has 4 nitrogen and oxygen atoms in total. The molecule has 0 atom stereocenters. The normalized spacial score (nSPS) is 16.9. The molecular formula is C11H15N3O. The summed E-state index contributed by atoms with van der Waals surface area (Å²) >= 11 is 0. The molecule has 1 aliphatic heterocycles. The molecule has 0 unspecified atom stereocenters. The Hall–Kier alpha value is -1.42. The van der Waals surface area contributed by atoms with Crippen molar-refractivity contribution in [2.45, 2.75) is 13.5 Å². The number of carbonyl (C=O) groups excluding carboxylic acids is 1. The lowest BCUT2D eigenvalue weighted by molar-refractivity contribution is -0.132. The summed E-state index contributed by atoms with van der Waals surface area (Å²) in [5, 5.41) is 3.05. The lowest BCUT2D eigenvalue weighted by Gasteiger charge is -2.27. The van der Waals surface area contributed by atoms with Crippen LogP contribution in [0.5, 0.6) is 0 Å². The molecule has 1 saturated heterocycles. The van der Waals surface area contributed by atoms with Crippen molar-refractivity contribution in [2.75, 3.05) is 19.6 Å². The number of pyridine rings is 1. The summed E-state index contributed by atoms with van der Waals surface area (Å²) in [6.45, 7) is 4.68. The molecule has 0 spiro atoms. The second-order valence-corrected chi connectivity index (χ2v) is 3.76. The highest BCUT2D eigenvalue weighted by molar-refractivity contribution is 5.78. The van der Waals surface area contributed by atoms with Crippen molar-refractivity contribution < 1.29 is 4.79 Å². The Morgan fingerprint density at radius 2 is 2.40 bits per heavy atom. The fourth-order valence-electron chi connectivity index (χ4n) is 1.70. The number of piperazine rings is 1. The minimum absolute atomic E-state index is 0.157. The average molecular weight is 205 g/mol. The number of amides is 1. The molecule has 0 saturated carbocycles. The Labute approximate surface area is 89.3 Å². The Balaban J connectivity index is 2.04. The zero-order valence-electron chi connectivity index (χ0n) is 8.86. The highest BCUT2D eigenvalue weighted by Gasteiger charge is 2.17. The lowest BCUT2D eigenvalue weighted by Crippen LogP contribution is -2.47. The van der Waals surface area contributed by atoms with Gasteiger partial charge >= 0.3 is 0 Å². The standard InChI is InChI=1S/C11H15N3O/c1-9-3-2-4-10(13-9)8-14-6-5-12-7-11(14)15/h2-4,12H,5-8H2,1H3. The zero-order chi connectivity index (χ0) is 10.7. The van der Waals surface area contributed by atoms with E-state index >= 15 is 0 Å². The predicted molar refractivity (Wildman–Crippen MR) is 57.3 cm³/mol. The summed E-state index contributed by atoms with van der Waals surface area (Å²) in [4.78, 5) is 17.8. The summed E-state index contributed by atoms with van der Waals surface area (Å²) < 4.78 is 0. The SMILES string of the molecule is Cc1cccc(CN2CCNCC2=O)n1. The van der Waals surface area contributed by atoms with Gasteiger partial charge in [-0.05, 0) is 19.1 Å². The highest BCUT2D eigenvalue weighted by Crippen LogP contribution is 2.04. The number of hydrogen-bond donors (Lipinski definition) is 1. The summed E-state index contributed by atoms with van der Waals surface area (Å²) in [5.41, 5.74) is 1.96. The van der Waals surface area contributed by atoms with E-state index in [1.807, 2.05) is 30.0 Å². The Morgan fingerprint density at radius 3 is 3.13 bits per heavy atom. The summed E-state index contributed by atoms with van der Waals surface area (Å²) in [7, 11) is 0. The summed E-state index contributed by atoms with van der Waals surface area (Å²) in [6.07, 6.45) is 0. The molecular weight excluding hydrogens is 190 g/mol. The van der Waals surface area contributed by atoms with E-state index in [9.17, 15) is 4.79 Å². The van der Waals surface area contributed by atoms with Gasteiger partial charge in [-0.1, -0.05) is 6.07 Å². The Kier molecular flexibility index (Phi) is 2.97. The second-order valence-electron chi connectivity index (χ2n) is 3.76. The maximum atomic E-state index is 11.5. The van der Waals surface area contributed by atoms with Crippen molar-refractivity contribution in [1.29, 1.82) is 0 Å². The number of rotatable bonds is 2. The largest absolute Gasteiger partial charge is 0.334 e. The van der Waals surface area contributed by atoms with Gasteiger partial charge in [0.15, 0.2) is 0 Å². The van der Waals surface area contributed by atoms with Crippen LogP contribution in [0.2, 0.25) is 0 Å². The van der Waals surface area contributed by atoms with Crippen LogP contribution in [-0.4, -0.2) is 35.4 Å². The highest BCUT2D eigenvalue weighted by atomic mass is 16.2. The van der Waals surface area contributed by atoms with E-state index in [-0.39, 0.29) is 5.91 Å². The molecule has 15 heavy (non-hydrogen) atoms. The van der Waals surface area contributed by atoms with Gasteiger partial charge in [-0.25, -0.2) is 0 Å². The number of aromatic nitrogens is 1. The second kappa shape index (κ2) is 4.40. The fourth-order valence-corrected chi connectivity index (χ4v) is 1.70. The minimum atomic E-state index is 0.157. The monoisotopic (exact) mass is 205 g/mol. The van der Waals surface area contributed by atoms with Crippen LogP contribution in [-0.2, 0) is 11.3 Å². The van der Waals surface area contributed by atoms with Gasteiger partial charge < -0.3 is 10.2 Å². The first-order valence-corrected chi connectivity index (χ1v) is 5.17. The number of nitrogens with zero attached hydrogens (tertiary/aromatic N) is 2. The fraction of sp³-hybridized carbons (Fsp3) is 0.455. The molecule has 1 aromatic heterocycles. The van der Waals surface area contributed by atoms with E-state index in [0.717, 1.165) is 24.5 Å². The van der Waals surface area contributed by atoms with Crippen LogP contribution in [0.1, 0.15) is 11.4 Å². The maximum absolute atomic E-state index is 11.5. The first-order valence-electron chi connectivity index (χ1n) is 5.17. The van der Waals surface area contributed by atoms with Crippen molar-refractivity contribution in [2.24, 2.45) is 0 Å². The third kappa shape index (κ3) is 2.53. The topological polar surface area (TPSA) is 45.2 Å². The van der Waals surface area contributed by atoms with Gasteiger partial charge in [0.05, 0.1) is 18.8 Å². The number of nitrogens with one attached hydrogen (secondary N) is 1. The lowest BCUT2D eigenvalue weighted by atomic mass is 10.2. The maximum Gasteiger partial charge on any atom is 0.236 e. The van der Waals surface area contributed by atoms with E-state index in [4.69, 9.17) is 0 Å². The van der Waals surface area contributed by atoms with Crippen LogP contribution < -0.4 is 5.32 Å². The molecule has 1 amide bonds. The van der Waals surface area contributed by atoms with Gasteiger partial charge in [-0.3, -0.25) is 9.78 Å². The smallest absolute Gasteiger partial charge is 0.236 e. The number of hydrogen-bond acceptors (Lipinski definition) is 3. The van der Waals surface area contributed by atoms with Crippen molar-refractivity contribution in [1.82, 2.24) is 15.2 Å². The van der Waals surface area contributed by atoms with Crippen LogP contribution in [0.15, 0.2) is 18.2 Å². The van der Waals surface area contributed by atoms with Crippen molar-refractivity contribution in [3.63, 3.8) is 0 Å². The van der Waals surface area contributed by atoms with Crippen molar-refractivity contribution in [3.8, 4) is 0 Å². The van der Waals surface area contributed by atoms with Gasteiger partial charge in [0.25, 0.3) is 0 Å². The van der Waals surface area contributed by atoms with E-state index in [2.05, 4.69) is 10.3 Å². The Bertz CT molecular complexity index is 365. The van der Waals surface area contributed by atoms with E-state index in [0.29, 0.717) is 13.1 Å². The molecule has 2 heterocycles. The van der Waals surface area contributed by atoms with Crippen molar-refractivity contribution >= 4 is 5.91 Å². The van der Waals surface area contributed by atoms with Gasteiger partial charge in [-0.15, -0.1) is 0 Å². The van der Waals surface area contributed by atoms with E-state index in [1.165, 1.54) is 0 Å². The molecule has 1 fully saturated rings. The average Bonchev–Trinajstić information content (AvgIpc) is 2.22. The van der Waals surface area contributed by atoms with Crippen LogP contribution >= 0.6 is 0 Å². The Morgan fingerprint density at radius 1 is 1.53 bits per heavy atom. The predicted octanol–water partition coefficient (Wildman–Crippen LogP) is 0.322. The summed E-state index contributed by atoms with van der Waals surface area (Å²) in [5.74, 6) is 0.157. The first-order chi connectivity index (χ1) is 7.25. The van der Waals surface area contributed by atoms with Crippen molar-refractivity contribution in [3.05, 3.63) is 29.6 Å². The van der Waals surface area contributed by atoms with Gasteiger partial charge in [-0.2, -0.15) is 0 Å². The molecule has 0 aliphatic carbocycles. The minimum Gasteiger partial charge on any atom is -0.334 e. The van der Waals surface area contributed by atoms with Gasteiger partial charge in [0.1, 0.15) is 0 Å². The molecule has 1 aliphatic rings. The summed E-state index contributed by atoms with van der Waals surface area (Å²) in [6, 6.07) is 5.90. The van der Waals surface area contributed by atoms with Crippen LogP contribution in [0, 0.1) is 6.92 Å². The molecule has 1 aromatic rings. The van der Waals surface area contributed by atoms with Crippen LogP contribution in [0.3, 0.4) is 0 Å². The molecule has 0 bridgehead atoms. The number of aryl methyl sites for hydroxylation is 1. The third-order valence-corrected chi connectivity index (χ3v) is 2.49. The third-order valence-electron chi connectivity index (χ3n) is 2.49. The van der Waals surface area contributed by atoms with Gasteiger partial charge in [0.2, 0.25) is 5.91 Å². The molecule has 0 radical (unpaired) electrons. The van der Waals surface area contributed by atoms with E-state index < -0.39 is 0 Å². The molecule has 2 rings (SSSR count). The molecule has 80 valence electrons. The molecule has 0 aromatic carbocycles. The first kappa shape index (κ1) is 10.1. The van der Waals surface area contributed by atoms with Crippen LogP contribution in [0.4, 0.5) is 0 Å². The van der Waals surface area contributed by atoms with Crippen LogP contribution in [0.25, 0.3) is 0 Å². The quantitative estimate of drug-likeness (QED) is 0.756. The van der Waals surface area contributed by atoms with Gasteiger partial charge in [0, 0.05) is 18.8 Å². The number of carbonyl (C=O) groups is 1. The zero-order valence-corrected chi connectivity index (χ0v) is 8.86.